The van der Waals surface area contributed by atoms with Gasteiger partial charge in [-0.15, -0.1) is 0 Å². The highest BCUT2D eigenvalue weighted by atomic mass is 16.4. The average Bonchev–Trinajstić information content (AvgIpc) is 2.48. The monoisotopic (exact) mass is 332 g/mol. The summed E-state index contributed by atoms with van der Waals surface area (Å²) in [6, 6.07) is -0.932. The minimum atomic E-state index is -1.21. The Kier molecular flexibility index (Phi) is 10.4. The van der Waals surface area contributed by atoms with E-state index in [4.69, 9.17) is 15.3 Å². The van der Waals surface area contributed by atoms with E-state index in [1.165, 1.54) is 6.92 Å². The number of carboxylic acids is 1. The number of aliphatic hydroxyl groups is 3. The van der Waals surface area contributed by atoms with Crippen molar-refractivity contribution >= 4 is 17.7 Å². The molecule has 0 aromatic rings. The second-order valence-electron chi connectivity index (χ2n) is 5.03. The fraction of sp³-hybridized carbons (Fsp3) is 0.643. The van der Waals surface area contributed by atoms with Crippen LogP contribution in [0.4, 0.5) is 0 Å². The molecule has 132 valence electrons. The Labute approximate surface area is 134 Å². The lowest BCUT2D eigenvalue weighted by molar-refractivity contribution is -0.141. The smallest absolute Gasteiger partial charge is 0.326 e. The third-order valence-electron chi connectivity index (χ3n) is 2.90. The highest BCUT2D eigenvalue weighted by Gasteiger charge is 2.17. The van der Waals surface area contributed by atoms with E-state index in [0.717, 1.165) is 6.20 Å². The fourth-order valence-corrected chi connectivity index (χ4v) is 1.71. The van der Waals surface area contributed by atoms with Gasteiger partial charge in [0.2, 0.25) is 11.7 Å². The maximum atomic E-state index is 11.4. The first-order chi connectivity index (χ1) is 10.8. The molecule has 9 nitrogen and oxygen atoms in total. The lowest BCUT2D eigenvalue weighted by Gasteiger charge is -2.12. The maximum absolute atomic E-state index is 11.4. The van der Waals surface area contributed by atoms with Crippen LogP contribution >= 0.6 is 0 Å². The van der Waals surface area contributed by atoms with Crippen LogP contribution < -0.4 is 10.6 Å². The van der Waals surface area contributed by atoms with Gasteiger partial charge in [0.15, 0.2) is 5.76 Å². The van der Waals surface area contributed by atoms with Crippen molar-refractivity contribution in [3.8, 4) is 0 Å². The molecule has 0 aromatic heterocycles. The zero-order valence-corrected chi connectivity index (χ0v) is 13.0. The van der Waals surface area contributed by atoms with Gasteiger partial charge in [-0.1, -0.05) is 0 Å². The van der Waals surface area contributed by atoms with Crippen LogP contribution in [0.25, 0.3) is 0 Å². The van der Waals surface area contributed by atoms with Crippen molar-refractivity contribution in [3.63, 3.8) is 0 Å². The maximum Gasteiger partial charge on any atom is 0.326 e. The molecule has 0 radical (unpaired) electrons. The van der Waals surface area contributed by atoms with Crippen molar-refractivity contribution in [2.45, 2.75) is 44.8 Å². The van der Waals surface area contributed by atoms with Gasteiger partial charge in [-0.05, 0) is 19.3 Å². The molecule has 2 atom stereocenters. The third-order valence-corrected chi connectivity index (χ3v) is 2.90. The Balaban J connectivity index is 3.98. The van der Waals surface area contributed by atoms with Crippen molar-refractivity contribution < 1.29 is 34.8 Å². The molecule has 9 heteroatoms. The van der Waals surface area contributed by atoms with Gasteiger partial charge in [-0.25, -0.2) is 4.79 Å². The van der Waals surface area contributed by atoms with Gasteiger partial charge in [0.1, 0.15) is 6.04 Å². The van der Waals surface area contributed by atoms with Crippen molar-refractivity contribution in [2.75, 3.05) is 13.2 Å². The van der Waals surface area contributed by atoms with E-state index < -0.39 is 42.2 Å². The molecule has 0 aliphatic heterocycles. The van der Waals surface area contributed by atoms with E-state index in [9.17, 15) is 19.5 Å². The molecular formula is C14H24N2O7. The summed E-state index contributed by atoms with van der Waals surface area (Å²) >= 11 is 0. The van der Waals surface area contributed by atoms with Gasteiger partial charge < -0.3 is 31.1 Å². The lowest BCUT2D eigenvalue weighted by atomic mass is 10.1. The van der Waals surface area contributed by atoms with Gasteiger partial charge in [-0.2, -0.15) is 0 Å². The molecule has 0 heterocycles. The predicted molar refractivity (Wildman–Crippen MR) is 80.5 cm³/mol. The van der Waals surface area contributed by atoms with Crippen molar-refractivity contribution in [1.82, 2.24) is 10.6 Å². The summed E-state index contributed by atoms with van der Waals surface area (Å²) in [5.41, 5.74) is 0. The molecule has 6 N–H and O–H groups in total. The normalized spacial score (nSPS) is 14.0. The Morgan fingerprint density at radius 2 is 1.83 bits per heavy atom. The van der Waals surface area contributed by atoms with E-state index in [-0.39, 0.29) is 12.8 Å². The summed E-state index contributed by atoms with van der Waals surface area (Å²) < 4.78 is 0. The first-order valence-electron chi connectivity index (χ1n) is 7.22. The van der Waals surface area contributed by atoms with Crippen LogP contribution in [-0.2, 0) is 14.4 Å². The molecular weight excluding hydrogens is 308 g/mol. The first kappa shape index (κ1) is 20.9. The number of hydrogen-bond donors (Lipinski definition) is 6. The van der Waals surface area contributed by atoms with E-state index in [1.807, 2.05) is 0 Å². The first-order valence-corrected chi connectivity index (χ1v) is 7.22. The molecule has 0 saturated heterocycles. The number of aliphatic carboxylic acids is 1. The number of carbonyl (C=O) groups excluding carboxylic acids is 2. The molecule has 0 rings (SSSR count). The number of Topliss-reactive ketones (excluding diaryl/α,β-unsaturated/α-hetero) is 1. The highest BCUT2D eigenvalue weighted by molar-refractivity contribution is 5.93. The third kappa shape index (κ3) is 10.3. The minimum absolute atomic E-state index is 0.272. The van der Waals surface area contributed by atoms with Crippen molar-refractivity contribution in [3.05, 3.63) is 12.0 Å². The van der Waals surface area contributed by atoms with Crippen LogP contribution in [0.3, 0.4) is 0 Å². The molecule has 23 heavy (non-hydrogen) atoms. The van der Waals surface area contributed by atoms with Gasteiger partial charge in [0.05, 0.1) is 12.7 Å². The number of ketones is 1. The number of rotatable bonds is 12. The number of aliphatic hydroxyl groups excluding tert-OH is 3. The molecule has 0 aliphatic rings. The predicted octanol–water partition coefficient (Wildman–Crippen LogP) is -0.953. The van der Waals surface area contributed by atoms with E-state index >= 15 is 0 Å². The summed E-state index contributed by atoms with van der Waals surface area (Å²) in [6.07, 6.45) is 0.872. The zero-order valence-electron chi connectivity index (χ0n) is 13.0. The summed E-state index contributed by atoms with van der Waals surface area (Å²) in [4.78, 5) is 33.1. The average molecular weight is 332 g/mol. The Hall–Kier alpha value is -2.13. The van der Waals surface area contributed by atoms with Crippen molar-refractivity contribution in [1.29, 1.82) is 0 Å². The minimum Gasteiger partial charge on any atom is -0.503 e. The van der Waals surface area contributed by atoms with E-state index in [0.29, 0.717) is 19.4 Å². The Morgan fingerprint density at radius 3 is 2.35 bits per heavy atom. The van der Waals surface area contributed by atoms with Crippen LogP contribution in [-0.4, -0.2) is 63.4 Å². The standard InChI is InChI=1S/C14H24N2O7/c1-9(18)16-11(14(22)23)4-2-3-5-15-7-13(21)12(20)6-10(19)8-17/h7,10-11,15,17,19,21H,2-6,8H2,1H3,(H,16,18)(H,22,23)/b13-7-/t10?,11-/m0/s1. The summed E-state index contributed by atoms with van der Waals surface area (Å²) in [7, 11) is 0. The van der Waals surface area contributed by atoms with Crippen LogP contribution in [0.15, 0.2) is 12.0 Å². The number of allylic oxidation sites excluding steroid dienone is 1. The van der Waals surface area contributed by atoms with Crippen LogP contribution in [0, 0.1) is 0 Å². The van der Waals surface area contributed by atoms with Crippen LogP contribution in [0.1, 0.15) is 32.6 Å². The van der Waals surface area contributed by atoms with Gasteiger partial charge in [0.25, 0.3) is 0 Å². The van der Waals surface area contributed by atoms with E-state index in [1.54, 1.807) is 0 Å². The molecule has 0 fully saturated rings. The molecule has 0 saturated carbocycles. The summed E-state index contributed by atoms with van der Waals surface area (Å²) in [6.45, 7) is 1.08. The highest BCUT2D eigenvalue weighted by Crippen LogP contribution is 2.02. The van der Waals surface area contributed by atoms with Crippen LogP contribution in [0.5, 0.6) is 0 Å². The molecule has 0 bridgehead atoms. The second kappa shape index (κ2) is 11.4. The molecule has 1 amide bonds. The summed E-state index contributed by atoms with van der Waals surface area (Å²) in [5.74, 6) is -2.76. The van der Waals surface area contributed by atoms with Gasteiger partial charge in [-0.3, -0.25) is 9.59 Å². The number of nitrogens with one attached hydrogen (secondary N) is 2. The molecule has 0 aliphatic carbocycles. The van der Waals surface area contributed by atoms with E-state index in [2.05, 4.69) is 10.6 Å². The Morgan fingerprint density at radius 1 is 1.17 bits per heavy atom. The molecule has 0 aromatic carbocycles. The van der Waals surface area contributed by atoms with Gasteiger partial charge >= 0.3 is 5.97 Å². The Bertz CT molecular complexity index is 437. The number of carbonyl (C=O) groups is 3. The SMILES string of the molecule is CC(=O)N[C@@H](CCCCN/C=C(\O)C(=O)CC(O)CO)C(=O)O. The number of carboxylic acid groups (broad SMARTS) is 1. The fourth-order valence-electron chi connectivity index (χ4n) is 1.71. The molecule has 1 unspecified atom stereocenters. The van der Waals surface area contributed by atoms with Crippen LogP contribution in [0.2, 0.25) is 0 Å². The topological polar surface area (TPSA) is 156 Å². The largest absolute Gasteiger partial charge is 0.503 e. The number of amides is 1. The zero-order chi connectivity index (χ0) is 17.8. The number of hydrogen-bond acceptors (Lipinski definition) is 7. The second-order valence-corrected chi connectivity index (χ2v) is 5.03. The lowest BCUT2D eigenvalue weighted by Crippen LogP contribution is -2.39. The number of unbranched alkanes of at least 4 members (excludes halogenated alkanes) is 1. The quantitative estimate of drug-likeness (QED) is 0.152. The molecule has 0 spiro atoms. The van der Waals surface area contributed by atoms with Gasteiger partial charge in [0, 0.05) is 26.1 Å². The summed E-state index contributed by atoms with van der Waals surface area (Å²) in [5, 5.41) is 41.0. The van der Waals surface area contributed by atoms with Crippen molar-refractivity contribution in [2.24, 2.45) is 0 Å².